The molecular formula is C13H16BNO2. The van der Waals surface area contributed by atoms with Gasteiger partial charge >= 0.3 is 0 Å². The summed E-state index contributed by atoms with van der Waals surface area (Å²) in [4.78, 5) is 0. The fourth-order valence-electron chi connectivity index (χ4n) is 2.65. The van der Waals surface area contributed by atoms with Gasteiger partial charge in [-0.2, -0.15) is 5.26 Å². The molecule has 0 aliphatic heterocycles. The molecule has 0 bridgehead atoms. The Morgan fingerprint density at radius 1 is 1.59 bits per heavy atom. The molecule has 1 aromatic rings. The second-order valence-electron chi connectivity index (χ2n) is 4.75. The average Bonchev–Trinajstić information content (AvgIpc) is 2.92. The Labute approximate surface area is 103 Å². The molecule has 0 amide bonds. The number of aliphatic hydroxyl groups excluding tert-OH is 1. The van der Waals surface area contributed by atoms with Gasteiger partial charge in [0.25, 0.3) is 0 Å². The van der Waals surface area contributed by atoms with Crippen molar-refractivity contribution in [2.24, 2.45) is 11.8 Å². The van der Waals surface area contributed by atoms with Crippen LogP contribution in [0.3, 0.4) is 0 Å². The van der Waals surface area contributed by atoms with Crippen LogP contribution in [0.4, 0.5) is 0 Å². The Bertz CT molecular complexity index is 385. The van der Waals surface area contributed by atoms with E-state index in [4.69, 9.17) is 17.5 Å². The maximum absolute atomic E-state index is 9.66. The molecule has 88 valence electrons. The largest absolute Gasteiger partial charge is 0.469 e. The second kappa shape index (κ2) is 5.42. The van der Waals surface area contributed by atoms with E-state index in [2.05, 4.69) is 6.07 Å². The number of aryl methyl sites for hydroxylation is 1. The number of nitrogens with zero attached hydrogens (tertiary/aromatic N) is 1. The van der Waals surface area contributed by atoms with E-state index in [9.17, 15) is 5.11 Å². The molecule has 3 nitrogen and oxygen atoms in total. The minimum absolute atomic E-state index is 0.100. The molecule has 1 fully saturated rings. The third-order valence-corrected chi connectivity index (χ3v) is 3.66. The molecule has 4 atom stereocenters. The number of nitriles is 1. The van der Waals surface area contributed by atoms with Crippen molar-refractivity contribution in [3.63, 3.8) is 0 Å². The van der Waals surface area contributed by atoms with Gasteiger partial charge in [0, 0.05) is 6.42 Å². The predicted molar refractivity (Wildman–Crippen MR) is 64.4 cm³/mol. The van der Waals surface area contributed by atoms with Gasteiger partial charge in [-0.15, -0.1) is 0 Å². The highest BCUT2D eigenvalue weighted by atomic mass is 16.3. The fourth-order valence-corrected chi connectivity index (χ4v) is 2.65. The van der Waals surface area contributed by atoms with Gasteiger partial charge in [0.1, 0.15) is 5.76 Å². The van der Waals surface area contributed by atoms with Crippen LogP contribution in [-0.2, 0) is 6.42 Å². The summed E-state index contributed by atoms with van der Waals surface area (Å²) in [6.07, 6.45) is 4.34. The van der Waals surface area contributed by atoms with Crippen LogP contribution in [0.25, 0.3) is 0 Å². The molecule has 0 aromatic carbocycles. The number of aliphatic hydroxyl groups is 1. The van der Waals surface area contributed by atoms with Gasteiger partial charge in [0.15, 0.2) is 0 Å². The molecule has 4 heteroatoms. The average molecular weight is 229 g/mol. The molecule has 1 aliphatic carbocycles. The van der Waals surface area contributed by atoms with Crippen LogP contribution in [-0.4, -0.2) is 19.1 Å². The lowest BCUT2D eigenvalue weighted by Crippen LogP contribution is -2.14. The molecular weight excluding hydrogens is 213 g/mol. The molecule has 17 heavy (non-hydrogen) atoms. The maximum atomic E-state index is 9.66. The van der Waals surface area contributed by atoms with Crippen molar-refractivity contribution in [2.45, 2.75) is 37.6 Å². The Balaban J connectivity index is 1.83. The summed E-state index contributed by atoms with van der Waals surface area (Å²) in [6, 6.07) is 6.08. The minimum Gasteiger partial charge on any atom is -0.469 e. The van der Waals surface area contributed by atoms with E-state index in [1.54, 1.807) is 6.26 Å². The Hall–Kier alpha value is -1.21. The third-order valence-electron chi connectivity index (χ3n) is 3.66. The van der Waals surface area contributed by atoms with E-state index in [-0.39, 0.29) is 17.7 Å². The smallest absolute Gasteiger partial charge is 0.103 e. The summed E-state index contributed by atoms with van der Waals surface area (Å²) in [6.45, 7) is 0. The number of hydrogen-bond donors (Lipinski definition) is 1. The van der Waals surface area contributed by atoms with Gasteiger partial charge < -0.3 is 9.52 Å². The summed E-state index contributed by atoms with van der Waals surface area (Å²) in [7, 11) is 5.92. The molecule has 0 saturated heterocycles. The number of hydrogen-bond acceptors (Lipinski definition) is 3. The van der Waals surface area contributed by atoms with Crippen LogP contribution in [0.15, 0.2) is 22.8 Å². The van der Waals surface area contributed by atoms with Crippen molar-refractivity contribution in [1.82, 2.24) is 0 Å². The topological polar surface area (TPSA) is 57.2 Å². The van der Waals surface area contributed by atoms with Crippen LogP contribution < -0.4 is 0 Å². The zero-order valence-corrected chi connectivity index (χ0v) is 9.75. The standard InChI is InChI=1S/C13H16BNO2/c14-13-11(9(8-15)7-12(13)16)5-1-3-10-4-2-6-17-10/h2,4,6,9,11-13,16H,1,3,5,7H2. The molecule has 1 saturated carbocycles. The van der Waals surface area contributed by atoms with Crippen LogP contribution in [0, 0.1) is 23.2 Å². The zero-order chi connectivity index (χ0) is 12.3. The van der Waals surface area contributed by atoms with Gasteiger partial charge in [-0.25, -0.2) is 0 Å². The van der Waals surface area contributed by atoms with Crippen molar-refractivity contribution in [2.75, 3.05) is 0 Å². The summed E-state index contributed by atoms with van der Waals surface area (Å²) in [5.74, 6) is 0.725. The second-order valence-corrected chi connectivity index (χ2v) is 4.75. The number of furan rings is 1. The van der Waals surface area contributed by atoms with Crippen LogP contribution in [0.5, 0.6) is 0 Å². The highest BCUT2D eigenvalue weighted by molar-refractivity contribution is 6.12. The Morgan fingerprint density at radius 2 is 2.41 bits per heavy atom. The Kier molecular flexibility index (Phi) is 3.91. The van der Waals surface area contributed by atoms with Gasteiger partial charge in [-0.3, -0.25) is 0 Å². The monoisotopic (exact) mass is 229 g/mol. The highest BCUT2D eigenvalue weighted by Gasteiger charge is 2.38. The van der Waals surface area contributed by atoms with Gasteiger partial charge in [0.2, 0.25) is 0 Å². The maximum Gasteiger partial charge on any atom is 0.103 e. The molecule has 1 N–H and O–H groups in total. The summed E-state index contributed by atoms with van der Waals surface area (Å²) >= 11 is 0. The molecule has 1 aromatic heterocycles. The normalized spacial score (nSPS) is 32.5. The summed E-state index contributed by atoms with van der Waals surface area (Å²) in [5.41, 5.74) is 0. The number of rotatable bonds is 4. The summed E-state index contributed by atoms with van der Waals surface area (Å²) < 4.78 is 5.25. The van der Waals surface area contributed by atoms with Crippen LogP contribution >= 0.6 is 0 Å². The first kappa shape index (κ1) is 12.3. The quantitative estimate of drug-likeness (QED) is 0.804. The van der Waals surface area contributed by atoms with Crippen molar-refractivity contribution in [1.29, 1.82) is 5.26 Å². The van der Waals surface area contributed by atoms with Crippen LogP contribution in [0.1, 0.15) is 25.0 Å². The first-order valence-electron chi connectivity index (χ1n) is 6.08. The highest BCUT2D eigenvalue weighted by Crippen LogP contribution is 2.42. The molecule has 0 spiro atoms. The van der Waals surface area contributed by atoms with E-state index < -0.39 is 6.10 Å². The van der Waals surface area contributed by atoms with Gasteiger partial charge in [-0.05, 0) is 43.1 Å². The van der Waals surface area contributed by atoms with Gasteiger partial charge in [-0.1, -0.05) is 0 Å². The molecule has 1 aliphatic rings. The predicted octanol–water partition coefficient (Wildman–Crippen LogP) is 2.08. The lowest BCUT2D eigenvalue weighted by molar-refractivity contribution is 0.176. The zero-order valence-electron chi connectivity index (χ0n) is 9.75. The van der Waals surface area contributed by atoms with Crippen molar-refractivity contribution in [3.8, 4) is 6.07 Å². The van der Waals surface area contributed by atoms with E-state index in [1.165, 1.54) is 0 Å². The van der Waals surface area contributed by atoms with Gasteiger partial charge in [0.05, 0.1) is 32.2 Å². The molecule has 2 rings (SSSR count). The fraction of sp³-hybridized carbons (Fsp3) is 0.615. The van der Waals surface area contributed by atoms with Crippen molar-refractivity contribution < 1.29 is 9.52 Å². The Morgan fingerprint density at radius 3 is 3.06 bits per heavy atom. The van der Waals surface area contributed by atoms with E-state index in [0.717, 1.165) is 25.0 Å². The first-order valence-corrected chi connectivity index (χ1v) is 6.08. The third kappa shape index (κ3) is 2.73. The van der Waals surface area contributed by atoms with Crippen LogP contribution in [0.2, 0.25) is 5.82 Å². The molecule has 1 heterocycles. The van der Waals surface area contributed by atoms with E-state index >= 15 is 0 Å². The molecule has 2 radical (unpaired) electrons. The van der Waals surface area contributed by atoms with Crippen molar-refractivity contribution in [3.05, 3.63) is 24.2 Å². The van der Waals surface area contributed by atoms with Crippen molar-refractivity contribution >= 4 is 7.85 Å². The summed E-state index contributed by atoms with van der Waals surface area (Å²) in [5, 5.41) is 18.7. The minimum atomic E-state index is -0.520. The molecule has 4 unspecified atom stereocenters. The lowest BCUT2D eigenvalue weighted by atomic mass is 9.73. The first-order chi connectivity index (χ1) is 8.22. The lowest BCUT2D eigenvalue weighted by Gasteiger charge is -2.19. The SMILES string of the molecule is [B]C1C(O)CC(C#N)C1CCCc1ccco1. The van der Waals surface area contributed by atoms with E-state index in [0.29, 0.717) is 6.42 Å². The van der Waals surface area contributed by atoms with E-state index in [1.807, 2.05) is 12.1 Å².